The molecule has 1 aromatic heterocycles. The summed E-state index contributed by atoms with van der Waals surface area (Å²) in [5, 5.41) is 1.85. The first-order chi connectivity index (χ1) is 6.36. The van der Waals surface area contributed by atoms with Crippen molar-refractivity contribution in [1.29, 1.82) is 0 Å². The summed E-state index contributed by atoms with van der Waals surface area (Å²) < 4.78 is 1.81. The molecule has 0 aliphatic carbocycles. The highest BCUT2D eigenvalue weighted by Gasteiger charge is 2.10. The predicted molar refractivity (Wildman–Crippen MR) is 54.0 cm³/mol. The summed E-state index contributed by atoms with van der Waals surface area (Å²) in [7, 11) is 0. The quantitative estimate of drug-likeness (QED) is 0.717. The average molecular weight is 198 g/mol. The van der Waals surface area contributed by atoms with Gasteiger partial charge in [0, 0.05) is 11.4 Å². The van der Waals surface area contributed by atoms with Gasteiger partial charge in [0.1, 0.15) is 0 Å². The average Bonchev–Trinajstić information content (AvgIpc) is 2.54. The van der Waals surface area contributed by atoms with Crippen LogP contribution in [0.2, 0.25) is 0 Å². The van der Waals surface area contributed by atoms with Crippen molar-refractivity contribution in [2.24, 2.45) is 0 Å². The highest BCUT2D eigenvalue weighted by atomic mass is 32.1. The lowest BCUT2D eigenvalue weighted by Gasteiger charge is -2.25. The van der Waals surface area contributed by atoms with Gasteiger partial charge in [-0.1, -0.05) is 18.0 Å². The lowest BCUT2D eigenvalue weighted by molar-refractivity contribution is 0.187. The fraction of sp³-hybridized carbons (Fsp3) is 0.667. The Morgan fingerprint density at radius 2 is 2.08 bits per heavy atom. The maximum atomic E-state index is 11.2. The first-order valence-corrected chi connectivity index (χ1v) is 5.57. The Hall–Kier alpha value is -0.610. The molecule has 0 radical (unpaired) electrons. The predicted octanol–water partition coefficient (Wildman–Crippen LogP) is 1.35. The molecule has 0 spiro atoms. The molecule has 2 heterocycles. The van der Waals surface area contributed by atoms with Crippen molar-refractivity contribution in [2.75, 3.05) is 13.1 Å². The first-order valence-electron chi connectivity index (χ1n) is 4.73. The Kier molecular flexibility index (Phi) is 2.80. The van der Waals surface area contributed by atoms with E-state index in [1.807, 2.05) is 9.34 Å². The van der Waals surface area contributed by atoms with Crippen LogP contribution in [0, 0.1) is 0 Å². The number of hydrogen-bond donors (Lipinski definition) is 0. The summed E-state index contributed by atoms with van der Waals surface area (Å²) in [6.07, 6.45) is 3.90. The molecular formula is C9H14N2OS. The SMILES string of the molecule is O=c1ccsn1CN1CCCCC1. The minimum Gasteiger partial charge on any atom is -0.285 e. The van der Waals surface area contributed by atoms with E-state index in [-0.39, 0.29) is 5.56 Å². The van der Waals surface area contributed by atoms with Crippen LogP contribution in [-0.4, -0.2) is 21.9 Å². The molecule has 4 heteroatoms. The number of aromatic nitrogens is 1. The summed E-state index contributed by atoms with van der Waals surface area (Å²) in [5.41, 5.74) is 0.135. The van der Waals surface area contributed by atoms with Crippen LogP contribution in [0.1, 0.15) is 19.3 Å². The minimum atomic E-state index is 0.135. The molecule has 1 fully saturated rings. The number of rotatable bonds is 2. The van der Waals surface area contributed by atoms with Gasteiger partial charge in [0.2, 0.25) is 0 Å². The van der Waals surface area contributed by atoms with E-state index < -0.39 is 0 Å². The molecule has 0 amide bonds. The molecule has 1 aliphatic heterocycles. The molecule has 0 saturated carbocycles. The normalized spacial score (nSPS) is 19.1. The molecule has 2 rings (SSSR count). The summed E-state index contributed by atoms with van der Waals surface area (Å²) in [5.74, 6) is 0. The molecule has 1 aromatic rings. The highest BCUT2D eigenvalue weighted by Crippen LogP contribution is 2.09. The van der Waals surface area contributed by atoms with Crippen LogP contribution in [0.5, 0.6) is 0 Å². The van der Waals surface area contributed by atoms with Crippen LogP contribution >= 0.6 is 11.5 Å². The summed E-state index contributed by atoms with van der Waals surface area (Å²) in [6.45, 7) is 3.07. The van der Waals surface area contributed by atoms with Crippen LogP contribution in [0.15, 0.2) is 16.2 Å². The van der Waals surface area contributed by atoms with Crippen molar-refractivity contribution in [3.8, 4) is 0 Å². The Morgan fingerprint density at radius 1 is 1.31 bits per heavy atom. The number of nitrogens with zero attached hydrogens (tertiary/aromatic N) is 2. The zero-order valence-corrected chi connectivity index (χ0v) is 8.42. The standard InChI is InChI=1S/C9H14N2OS/c12-9-4-7-13-11(9)8-10-5-2-1-3-6-10/h4,7H,1-3,5-6,8H2. The van der Waals surface area contributed by atoms with E-state index >= 15 is 0 Å². The van der Waals surface area contributed by atoms with Crippen molar-refractivity contribution in [3.63, 3.8) is 0 Å². The van der Waals surface area contributed by atoms with Gasteiger partial charge in [-0.2, -0.15) is 0 Å². The number of hydrogen-bond acceptors (Lipinski definition) is 3. The molecule has 0 N–H and O–H groups in total. The largest absolute Gasteiger partial charge is 0.285 e. The van der Waals surface area contributed by atoms with Crippen LogP contribution in [0.4, 0.5) is 0 Å². The number of likely N-dealkylation sites (tertiary alicyclic amines) is 1. The van der Waals surface area contributed by atoms with Crippen molar-refractivity contribution in [3.05, 3.63) is 21.8 Å². The van der Waals surface area contributed by atoms with Gasteiger partial charge in [-0.15, -0.1) is 0 Å². The first kappa shape index (κ1) is 8.97. The van der Waals surface area contributed by atoms with E-state index in [0.717, 1.165) is 19.8 Å². The van der Waals surface area contributed by atoms with E-state index in [1.54, 1.807) is 6.07 Å². The van der Waals surface area contributed by atoms with Crippen LogP contribution in [0.25, 0.3) is 0 Å². The Labute approximate surface area is 81.7 Å². The molecular weight excluding hydrogens is 184 g/mol. The molecule has 0 atom stereocenters. The second-order valence-corrected chi connectivity index (χ2v) is 4.37. The van der Waals surface area contributed by atoms with E-state index in [2.05, 4.69) is 4.90 Å². The fourth-order valence-electron chi connectivity index (χ4n) is 1.68. The van der Waals surface area contributed by atoms with Gasteiger partial charge in [-0.3, -0.25) is 9.69 Å². The van der Waals surface area contributed by atoms with Crippen molar-refractivity contribution in [1.82, 2.24) is 8.86 Å². The van der Waals surface area contributed by atoms with Gasteiger partial charge in [0.15, 0.2) is 0 Å². The maximum Gasteiger partial charge on any atom is 0.261 e. The number of piperidine rings is 1. The van der Waals surface area contributed by atoms with Crippen molar-refractivity contribution >= 4 is 11.5 Å². The third kappa shape index (κ3) is 2.19. The lowest BCUT2D eigenvalue weighted by atomic mass is 10.1. The zero-order valence-electron chi connectivity index (χ0n) is 7.61. The third-order valence-electron chi connectivity index (χ3n) is 2.42. The lowest BCUT2D eigenvalue weighted by Crippen LogP contribution is -2.33. The van der Waals surface area contributed by atoms with E-state index in [4.69, 9.17) is 0 Å². The summed E-state index contributed by atoms with van der Waals surface area (Å²) in [4.78, 5) is 13.6. The van der Waals surface area contributed by atoms with Crippen molar-refractivity contribution in [2.45, 2.75) is 25.9 Å². The Morgan fingerprint density at radius 3 is 2.69 bits per heavy atom. The Balaban J connectivity index is 1.97. The molecule has 1 aliphatic rings. The summed E-state index contributed by atoms with van der Waals surface area (Å²) >= 11 is 1.51. The van der Waals surface area contributed by atoms with Gasteiger partial charge in [-0.25, -0.2) is 3.96 Å². The van der Waals surface area contributed by atoms with Gasteiger partial charge >= 0.3 is 0 Å². The Bertz CT molecular complexity index is 311. The van der Waals surface area contributed by atoms with Crippen LogP contribution in [-0.2, 0) is 6.67 Å². The second-order valence-electron chi connectivity index (χ2n) is 3.45. The molecule has 13 heavy (non-hydrogen) atoms. The monoisotopic (exact) mass is 198 g/mol. The topological polar surface area (TPSA) is 25.2 Å². The van der Waals surface area contributed by atoms with Crippen molar-refractivity contribution < 1.29 is 0 Å². The molecule has 0 aromatic carbocycles. The summed E-state index contributed by atoms with van der Waals surface area (Å²) in [6, 6.07) is 1.63. The minimum absolute atomic E-state index is 0.135. The van der Waals surface area contributed by atoms with Gasteiger partial charge < -0.3 is 0 Å². The molecule has 3 nitrogen and oxygen atoms in total. The van der Waals surface area contributed by atoms with Gasteiger partial charge in [-0.05, 0) is 25.9 Å². The van der Waals surface area contributed by atoms with E-state index in [9.17, 15) is 4.79 Å². The highest BCUT2D eigenvalue weighted by molar-refractivity contribution is 7.04. The smallest absolute Gasteiger partial charge is 0.261 e. The molecule has 0 unspecified atom stereocenters. The molecule has 1 saturated heterocycles. The van der Waals surface area contributed by atoms with Crippen LogP contribution in [0.3, 0.4) is 0 Å². The van der Waals surface area contributed by atoms with Gasteiger partial charge in [0.05, 0.1) is 6.67 Å². The zero-order chi connectivity index (χ0) is 9.10. The third-order valence-corrected chi connectivity index (χ3v) is 3.23. The van der Waals surface area contributed by atoms with Gasteiger partial charge in [0.25, 0.3) is 5.56 Å². The molecule has 0 bridgehead atoms. The van der Waals surface area contributed by atoms with E-state index in [1.165, 1.54) is 30.8 Å². The van der Waals surface area contributed by atoms with Crippen LogP contribution < -0.4 is 5.56 Å². The maximum absolute atomic E-state index is 11.2. The van der Waals surface area contributed by atoms with E-state index in [0.29, 0.717) is 0 Å². The molecule has 72 valence electrons. The fourth-order valence-corrected chi connectivity index (χ4v) is 2.40. The second kappa shape index (κ2) is 4.07.